The number of aryl methyl sites for hydroxylation is 1. The standard InChI is InChI=1S/C20H21ClFN3O/c1-12(14-4-7-19-18(9-14)23-11-25(19)3)8-13(2)20(26)24-15-5-6-17(22)16(21)10-15/h4-7,9-13H,8H2,1-3H3,(H,24,26)/t12-,13+/m1/s1. The van der Waals surface area contributed by atoms with E-state index in [4.69, 9.17) is 11.6 Å². The van der Waals surface area contributed by atoms with Gasteiger partial charge in [-0.05, 0) is 48.2 Å². The fourth-order valence-electron chi connectivity index (χ4n) is 3.07. The van der Waals surface area contributed by atoms with Gasteiger partial charge < -0.3 is 9.88 Å². The molecule has 0 fully saturated rings. The molecular formula is C20H21ClFN3O. The van der Waals surface area contributed by atoms with Crippen molar-refractivity contribution in [3.8, 4) is 0 Å². The number of anilines is 1. The molecule has 0 aliphatic carbocycles. The van der Waals surface area contributed by atoms with E-state index in [1.807, 2.05) is 18.5 Å². The van der Waals surface area contributed by atoms with Gasteiger partial charge in [-0.3, -0.25) is 4.79 Å². The summed E-state index contributed by atoms with van der Waals surface area (Å²) in [7, 11) is 1.96. The monoisotopic (exact) mass is 373 g/mol. The molecule has 0 saturated heterocycles. The molecule has 1 amide bonds. The maximum atomic E-state index is 13.2. The zero-order valence-corrected chi connectivity index (χ0v) is 15.7. The van der Waals surface area contributed by atoms with E-state index in [-0.39, 0.29) is 22.8 Å². The Labute approximate surface area is 157 Å². The van der Waals surface area contributed by atoms with Gasteiger partial charge in [0.25, 0.3) is 0 Å². The molecule has 2 aromatic carbocycles. The van der Waals surface area contributed by atoms with Gasteiger partial charge in [-0.25, -0.2) is 9.37 Å². The molecule has 26 heavy (non-hydrogen) atoms. The van der Waals surface area contributed by atoms with Gasteiger partial charge in [0.2, 0.25) is 5.91 Å². The number of imidazole rings is 1. The van der Waals surface area contributed by atoms with E-state index in [2.05, 4.69) is 35.4 Å². The number of hydrogen-bond acceptors (Lipinski definition) is 2. The Kier molecular flexibility index (Phi) is 5.28. The molecule has 0 bridgehead atoms. The predicted molar refractivity (Wildman–Crippen MR) is 103 cm³/mol. The summed E-state index contributed by atoms with van der Waals surface area (Å²) in [6.07, 6.45) is 2.49. The molecule has 4 nitrogen and oxygen atoms in total. The lowest BCUT2D eigenvalue weighted by Gasteiger charge is -2.18. The van der Waals surface area contributed by atoms with Gasteiger partial charge in [0.1, 0.15) is 5.82 Å². The van der Waals surface area contributed by atoms with Gasteiger partial charge in [0.05, 0.1) is 22.4 Å². The van der Waals surface area contributed by atoms with Gasteiger partial charge >= 0.3 is 0 Å². The Bertz CT molecular complexity index is 953. The Morgan fingerprint density at radius 2 is 2.04 bits per heavy atom. The van der Waals surface area contributed by atoms with E-state index in [0.29, 0.717) is 12.1 Å². The second kappa shape index (κ2) is 7.46. The molecule has 3 aromatic rings. The van der Waals surface area contributed by atoms with Crippen molar-refractivity contribution in [3.63, 3.8) is 0 Å². The van der Waals surface area contributed by atoms with Crippen LogP contribution in [0, 0.1) is 11.7 Å². The van der Waals surface area contributed by atoms with Crippen LogP contribution in [0.2, 0.25) is 5.02 Å². The minimum atomic E-state index is -0.503. The maximum Gasteiger partial charge on any atom is 0.227 e. The molecule has 1 aromatic heterocycles. The molecule has 1 N–H and O–H groups in total. The van der Waals surface area contributed by atoms with Crippen LogP contribution in [0.1, 0.15) is 31.7 Å². The zero-order chi connectivity index (χ0) is 18.8. The highest BCUT2D eigenvalue weighted by atomic mass is 35.5. The maximum absolute atomic E-state index is 13.2. The van der Waals surface area contributed by atoms with Gasteiger partial charge in [-0.15, -0.1) is 0 Å². The van der Waals surface area contributed by atoms with Crippen LogP contribution in [-0.2, 0) is 11.8 Å². The molecule has 6 heteroatoms. The molecule has 0 spiro atoms. The summed E-state index contributed by atoms with van der Waals surface area (Å²) in [5.74, 6) is -0.609. The second-order valence-corrected chi connectivity index (χ2v) is 7.17. The quantitative estimate of drug-likeness (QED) is 0.673. The average molecular weight is 374 g/mol. The van der Waals surface area contributed by atoms with Gasteiger partial charge in [0.15, 0.2) is 0 Å². The Morgan fingerprint density at radius 3 is 2.77 bits per heavy atom. The number of carbonyl (C=O) groups excluding carboxylic acids is 1. The van der Waals surface area contributed by atoms with E-state index >= 15 is 0 Å². The lowest BCUT2D eigenvalue weighted by Crippen LogP contribution is -2.21. The molecule has 0 aliphatic heterocycles. The largest absolute Gasteiger partial charge is 0.334 e. The van der Waals surface area contributed by atoms with Crippen LogP contribution in [0.25, 0.3) is 11.0 Å². The molecular weight excluding hydrogens is 353 g/mol. The van der Waals surface area contributed by atoms with E-state index in [1.54, 1.807) is 6.33 Å². The highest BCUT2D eigenvalue weighted by Gasteiger charge is 2.18. The van der Waals surface area contributed by atoms with Crippen LogP contribution < -0.4 is 5.32 Å². The summed E-state index contributed by atoms with van der Waals surface area (Å²) < 4.78 is 15.2. The lowest BCUT2D eigenvalue weighted by atomic mass is 9.90. The van der Waals surface area contributed by atoms with Crippen LogP contribution >= 0.6 is 11.6 Å². The first kappa shape index (κ1) is 18.4. The van der Waals surface area contributed by atoms with E-state index in [1.165, 1.54) is 18.2 Å². The van der Waals surface area contributed by atoms with Crippen molar-refractivity contribution in [2.24, 2.45) is 13.0 Å². The topological polar surface area (TPSA) is 46.9 Å². The molecule has 3 rings (SSSR count). The highest BCUT2D eigenvalue weighted by molar-refractivity contribution is 6.31. The fraction of sp³-hybridized carbons (Fsp3) is 0.300. The molecule has 2 atom stereocenters. The SMILES string of the molecule is C[C@H](C[C@H](C)C(=O)Nc1ccc(F)c(Cl)c1)c1ccc2c(c1)ncn2C. The third-order valence-electron chi connectivity index (χ3n) is 4.66. The summed E-state index contributed by atoms with van der Waals surface area (Å²) in [6, 6.07) is 10.4. The third kappa shape index (κ3) is 3.88. The minimum Gasteiger partial charge on any atom is -0.334 e. The Morgan fingerprint density at radius 1 is 1.27 bits per heavy atom. The summed E-state index contributed by atoms with van der Waals surface area (Å²) in [5, 5.41) is 2.79. The van der Waals surface area contributed by atoms with Crippen LogP contribution in [0.4, 0.5) is 10.1 Å². The Hall–Kier alpha value is -2.40. The number of hydrogen-bond donors (Lipinski definition) is 1. The number of benzene rings is 2. The molecule has 1 heterocycles. The molecule has 0 aliphatic rings. The Balaban J connectivity index is 1.66. The van der Waals surface area contributed by atoms with Gasteiger partial charge in [0, 0.05) is 18.7 Å². The number of rotatable bonds is 5. The third-order valence-corrected chi connectivity index (χ3v) is 4.95. The lowest BCUT2D eigenvalue weighted by molar-refractivity contribution is -0.119. The first-order valence-corrected chi connectivity index (χ1v) is 8.90. The first-order valence-electron chi connectivity index (χ1n) is 8.52. The van der Waals surface area contributed by atoms with Gasteiger partial charge in [-0.2, -0.15) is 0 Å². The smallest absolute Gasteiger partial charge is 0.227 e. The highest BCUT2D eigenvalue weighted by Crippen LogP contribution is 2.27. The normalized spacial score (nSPS) is 13.6. The predicted octanol–water partition coefficient (Wildman–Crippen LogP) is 5.13. The number of nitrogens with zero attached hydrogens (tertiary/aromatic N) is 2. The molecule has 136 valence electrons. The van der Waals surface area contributed by atoms with E-state index in [0.717, 1.165) is 16.6 Å². The summed E-state index contributed by atoms with van der Waals surface area (Å²) >= 11 is 5.76. The fourth-order valence-corrected chi connectivity index (χ4v) is 3.25. The summed E-state index contributed by atoms with van der Waals surface area (Å²) in [4.78, 5) is 16.8. The molecule has 0 saturated carbocycles. The van der Waals surface area contributed by atoms with E-state index < -0.39 is 5.82 Å². The number of carbonyl (C=O) groups is 1. The summed E-state index contributed by atoms with van der Waals surface area (Å²) in [6.45, 7) is 3.99. The summed E-state index contributed by atoms with van der Waals surface area (Å²) in [5.41, 5.74) is 3.69. The number of halogens is 2. The number of amides is 1. The van der Waals surface area contributed by atoms with E-state index in [9.17, 15) is 9.18 Å². The molecule has 0 radical (unpaired) electrons. The van der Waals surface area contributed by atoms with Crippen molar-refractivity contribution in [3.05, 3.63) is 59.1 Å². The van der Waals surface area contributed by atoms with Crippen molar-refractivity contribution in [1.82, 2.24) is 9.55 Å². The van der Waals surface area contributed by atoms with Gasteiger partial charge in [-0.1, -0.05) is 31.5 Å². The van der Waals surface area contributed by atoms with Crippen LogP contribution in [0.5, 0.6) is 0 Å². The minimum absolute atomic E-state index is 0.00696. The average Bonchev–Trinajstić information content (AvgIpc) is 2.98. The van der Waals surface area contributed by atoms with Crippen molar-refractivity contribution in [1.29, 1.82) is 0 Å². The molecule has 0 unspecified atom stereocenters. The second-order valence-electron chi connectivity index (χ2n) is 6.76. The number of nitrogens with one attached hydrogen (secondary N) is 1. The van der Waals surface area contributed by atoms with Crippen molar-refractivity contribution >= 4 is 34.2 Å². The van der Waals surface area contributed by atoms with Crippen LogP contribution in [0.3, 0.4) is 0 Å². The van der Waals surface area contributed by atoms with Crippen LogP contribution in [0.15, 0.2) is 42.7 Å². The van der Waals surface area contributed by atoms with Crippen molar-refractivity contribution in [2.75, 3.05) is 5.32 Å². The first-order chi connectivity index (χ1) is 12.3. The van der Waals surface area contributed by atoms with Crippen molar-refractivity contribution in [2.45, 2.75) is 26.2 Å². The zero-order valence-electron chi connectivity index (χ0n) is 15.0. The van der Waals surface area contributed by atoms with Crippen molar-refractivity contribution < 1.29 is 9.18 Å². The number of fused-ring (bicyclic) bond motifs is 1. The number of aromatic nitrogens is 2. The van der Waals surface area contributed by atoms with Crippen LogP contribution in [-0.4, -0.2) is 15.5 Å².